The summed E-state index contributed by atoms with van der Waals surface area (Å²) in [7, 11) is 0. The summed E-state index contributed by atoms with van der Waals surface area (Å²) in [4.78, 5) is 61.1. The molecule has 12 nitrogen and oxygen atoms in total. The molecule has 12 heteroatoms. The van der Waals surface area contributed by atoms with Gasteiger partial charge in [-0.25, -0.2) is 0 Å². The van der Waals surface area contributed by atoms with Crippen molar-refractivity contribution >= 4 is 23.7 Å². The number of nitrogens with zero attached hydrogens (tertiary/aromatic N) is 3. The molecule has 2 N–H and O–H groups in total. The first-order valence-electron chi connectivity index (χ1n) is 17.2. The summed E-state index contributed by atoms with van der Waals surface area (Å²) in [5, 5.41) is 12.6. The second kappa shape index (κ2) is 16.2. The van der Waals surface area contributed by atoms with Crippen molar-refractivity contribution in [3.63, 3.8) is 0 Å². The quantitative estimate of drug-likeness (QED) is 0.189. The maximum Gasteiger partial charge on any atom is 0.313 e. The highest BCUT2D eigenvalue weighted by molar-refractivity contribution is 5.98. The van der Waals surface area contributed by atoms with E-state index in [9.17, 15) is 24.3 Å². The predicted octanol–water partition coefficient (Wildman–Crippen LogP) is 1.85. The zero-order valence-electron chi connectivity index (χ0n) is 28.0. The summed E-state index contributed by atoms with van der Waals surface area (Å²) in [6.45, 7) is 13.6. The van der Waals surface area contributed by atoms with Crippen LogP contribution >= 0.6 is 0 Å². The van der Waals surface area contributed by atoms with Gasteiger partial charge in [-0.2, -0.15) is 0 Å². The predicted molar refractivity (Wildman–Crippen MR) is 177 cm³/mol. The number of likely N-dealkylation sites (tertiary alicyclic amines) is 1. The number of carbonyl (C=O) groups excluding carboxylic acids is 4. The van der Waals surface area contributed by atoms with Crippen LogP contribution in [0.15, 0.2) is 55.6 Å². The van der Waals surface area contributed by atoms with Crippen molar-refractivity contribution in [1.82, 2.24) is 20.0 Å². The van der Waals surface area contributed by atoms with Gasteiger partial charge in [0.05, 0.1) is 37.2 Å². The lowest BCUT2D eigenvalue weighted by molar-refractivity contribution is -0.162. The maximum atomic E-state index is 14.5. The molecule has 5 rings (SSSR count). The van der Waals surface area contributed by atoms with Crippen molar-refractivity contribution in [3.8, 4) is 0 Å². The Balaban J connectivity index is 1.40. The fourth-order valence-corrected chi connectivity index (χ4v) is 7.83. The molecule has 4 aliphatic rings. The minimum absolute atomic E-state index is 0.153. The van der Waals surface area contributed by atoms with Gasteiger partial charge in [0, 0.05) is 52.3 Å². The number of esters is 1. The van der Waals surface area contributed by atoms with Gasteiger partial charge >= 0.3 is 5.97 Å². The lowest BCUT2D eigenvalue weighted by Gasteiger charge is -2.37. The van der Waals surface area contributed by atoms with Gasteiger partial charge < -0.3 is 34.4 Å². The topological polar surface area (TPSA) is 138 Å². The summed E-state index contributed by atoms with van der Waals surface area (Å²) < 4.78 is 18.3. The van der Waals surface area contributed by atoms with E-state index < -0.39 is 47.7 Å². The number of hydrogen-bond donors (Lipinski definition) is 2. The van der Waals surface area contributed by atoms with Crippen molar-refractivity contribution in [1.29, 1.82) is 0 Å². The zero-order valence-corrected chi connectivity index (χ0v) is 28.0. The number of rotatable bonds is 17. The van der Waals surface area contributed by atoms with Gasteiger partial charge in [-0.1, -0.05) is 42.5 Å². The SMILES string of the molecule is C=CCCC(=O)N[C@@H](C)[C@H](OC(=O)[C@@H]1[C@H]2C(=O)N(CCCO)[C@H](C(=O)N(CC=C)CCN3CCOCC3)[C@]23CC[C@H]1O3)c1ccccc1. The second-order valence-electron chi connectivity index (χ2n) is 13.1. The van der Waals surface area contributed by atoms with Crippen molar-refractivity contribution < 1.29 is 38.5 Å². The average Bonchev–Trinajstić information content (AvgIpc) is 3.74. The van der Waals surface area contributed by atoms with Crippen LogP contribution in [0.3, 0.4) is 0 Å². The molecule has 4 aliphatic heterocycles. The summed E-state index contributed by atoms with van der Waals surface area (Å²) in [6, 6.07) is 7.69. The molecule has 1 spiro atoms. The molecule has 262 valence electrons. The molecule has 2 bridgehead atoms. The van der Waals surface area contributed by atoms with E-state index in [2.05, 4.69) is 23.4 Å². The summed E-state index contributed by atoms with van der Waals surface area (Å²) >= 11 is 0. The Morgan fingerprint density at radius 1 is 1.17 bits per heavy atom. The van der Waals surface area contributed by atoms with Gasteiger partial charge in [-0.05, 0) is 38.2 Å². The summed E-state index contributed by atoms with van der Waals surface area (Å²) in [5.74, 6) is -3.19. The molecule has 48 heavy (non-hydrogen) atoms. The number of aliphatic hydroxyl groups excluding tert-OH is 1. The average molecular weight is 667 g/mol. The van der Waals surface area contributed by atoms with Crippen LogP contribution in [0.5, 0.6) is 0 Å². The third-order valence-corrected chi connectivity index (χ3v) is 10.1. The Kier molecular flexibility index (Phi) is 12.1. The third kappa shape index (κ3) is 7.36. The molecule has 1 aromatic rings. The molecule has 0 unspecified atom stereocenters. The Morgan fingerprint density at radius 3 is 2.60 bits per heavy atom. The number of aliphatic hydroxyl groups is 1. The van der Waals surface area contributed by atoms with E-state index >= 15 is 0 Å². The van der Waals surface area contributed by atoms with Crippen LogP contribution in [0.1, 0.15) is 50.7 Å². The standard InChI is InChI=1S/C36H50N4O8/c1-4-6-13-28(42)37-25(3)31(26-11-8-7-9-12-26)47-35(45)29-27-14-15-36(48-27)30(29)33(43)40(17-10-22-41)32(36)34(44)39(16-5-2)19-18-38-20-23-46-24-21-38/h4-5,7-9,11-12,25,27,29-32,41H,1-2,6,10,13-24H2,3H3,(H,37,42)/t25-,27+,29-,30-,31-,32+,36-/m0/s1. The van der Waals surface area contributed by atoms with Gasteiger partial charge in [-0.15, -0.1) is 13.2 Å². The first kappa shape index (κ1) is 35.7. The van der Waals surface area contributed by atoms with Gasteiger partial charge in [-0.3, -0.25) is 24.1 Å². The number of carbonyl (C=O) groups is 4. The van der Waals surface area contributed by atoms with E-state index in [-0.39, 0.29) is 43.7 Å². The third-order valence-electron chi connectivity index (χ3n) is 10.1. The molecular formula is C36H50N4O8. The fourth-order valence-electron chi connectivity index (χ4n) is 7.83. The van der Waals surface area contributed by atoms with Crippen molar-refractivity contribution in [2.24, 2.45) is 11.8 Å². The minimum atomic E-state index is -1.19. The van der Waals surface area contributed by atoms with Crippen LogP contribution in [0.25, 0.3) is 0 Å². The van der Waals surface area contributed by atoms with Crippen LogP contribution in [0.2, 0.25) is 0 Å². The summed E-state index contributed by atoms with van der Waals surface area (Å²) in [5.41, 5.74) is -0.486. The minimum Gasteiger partial charge on any atom is -0.455 e. The Labute approximate surface area is 283 Å². The van der Waals surface area contributed by atoms with Gasteiger partial charge in [0.1, 0.15) is 17.7 Å². The number of morpholine rings is 1. The molecule has 4 heterocycles. The molecule has 7 atom stereocenters. The van der Waals surface area contributed by atoms with Crippen molar-refractivity contribution in [2.45, 2.75) is 68.9 Å². The van der Waals surface area contributed by atoms with Gasteiger partial charge in [0.25, 0.3) is 0 Å². The van der Waals surface area contributed by atoms with Crippen molar-refractivity contribution in [2.75, 3.05) is 59.1 Å². The number of hydrogen-bond acceptors (Lipinski definition) is 9. The first-order chi connectivity index (χ1) is 23.2. The van der Waals surface area contributed by atoms with Crippen LogP contribution in [-0.2, 0) is 33.4 Å². The fraction of sp³-hybridized carbons (Fsp3) is 0.611. The number of benzene rings is 1. The Bertz CT molecular complexity index is 1320. The lowest BCUT2D eigenvalue weighted by atomic mass is 9.70. The normalized spacial score (nSPS) is 27.6. The van der Waals surface area contributed by atoms with Crippen LogP contribution < -0.4 is 5.32 Å². The van der Waals surface area contributed by atoms with Gasteiger partial charge in [0.15, 0.2) is 0 Å². The number of nitrogens with one attached hydrogen (secondary N) is 1. The lowest BCUT2D eigenvalue weighted by Crippen LogP contribution is -2.57. The molecule has 1 aromatic carbocycles. The zero-order chi connectivity index (χ0) is 34.3. The molecular weight excluding hydrogens is 616 g/mol. The van der Waals surface area contributed by atoms with Crippen LogP contribution in [0, 0.1) is 11.8 Å². The van der Waals surface area contributed by atoms with Gasteiger partial charge in [0.2, 0.25) is 17.7 Å². The molecule has 3 amide bonds. The monoisotopic (exact) mass is 666 g/mol. The smallest absolute Gasteiger partial charge is 0.313 e. The van der Waals surface area contributed by atoms with E-state index in [1.165, 1.54) is 4.90 Å². The molecule has 0 radical (unpaired) electrons. The number of fused-ring (bicyclic) bond motifs is 1. The van der Waals surface area contributed by atoms with E-state index in [0.717, 1.165) is 13.1 Å². The number of ether oxygens (including phenoxy) is 3. The van der Waals surface area contributed by atoms with Crippen molar-refractivity contribution in [3.05, 3.63) is 61.2 Å². The summed E-state index contributed by atoms with van der Waals surface area (Å²) in [6.07, 6.45) is 3.96. The van der Waals surface area contributed by atoms with E-state index in [0.29, 0.717) is 57.7 Å². The van der Waals surface area contributed by atoms with E-state index in [1.54, 1.807) is 24.0 Å². The molecule has 0 aliphatic carbocycles. The van der Waals surface area contributed by atoms with E-state index in [4.69, 9.17) is 14.2 Å². The Hall–Kier alpha value is -3.58. The highest BCUT2D eigenvalue weighted by Crippen LogP contribution is 2.59. The number of allylic oxidation sites excluding steroid dienone is 1. The molecule has 0 aromatic heterocycles. The largest absolute Gasteiger partial charge is 0.455 e. The molecule has 4 fully saturated rings. The highest BCUT2D eigenvalue weighted by atomic mass is 16.6. The maximum absolute atomic E-state index is 14.5. The highest BCUT2D eigenvalue weighted by Gasteiger charge is 2.75. The molecule has 4 saturated heterocycles. The van der Waals surface area contributed by atoms with E-state index in [1.807, 2.05) is 30.3 Å². The Morgan fingerprint density at radius 2 is 1.92 bits per heavy atom. The first-order valence-corrected chi connectivity index (χ1v) is 17.2. The van der Waals surface area contributed by atoms with Crippen LogP contribution in [0.4, 0.5) is 0 Å². The number of amides is 3. The second-order valence-corrected chi connectivity index (χ2v) is 13.1. The molecule has 0 saturated carbocycles. The van der Waals surface area contributed by atoms with Crippen LogP contribution in [-0.4, -0.2) is 126 Å².